The normalized spacial score (nSPS) is 10.8. The van der Waals surface area contributed by atoms with Gasteiger partial charge in [0.2, 0.25) is 0 Å². The highest BCUT2D eigenvalue weighted by molar-refractivity contribution is 7.89. The van der Waals surface area contributed by atoms with Crippen molar-refractivity contribution >= 4 is 10.0 Å². The average molecular weight is 227 g/mol. The summed E-state index contributed by atoms with van der Waals surface area (Å²) in [4.78, 5) is 0.214. The maximum Gasteiger partial charge on any atom is 0.263 e. The second-order valence-corrected chi connectivity index (χ2v) is 4.88. The Morgan fingerprint density at radius 3 is 2.27 bits per heavy atom. The van der Waals surface area contributed by atoms with Crippen LogP contribution in [0.1, 0.15) is 0 Å². The van der Waals surface area contributed by atoms with Crippen molar-refractivity contribution in [3.8, 4) is 5.75 Å². The second kappa shape index (κ2) is 4.35. The first-order valence-corrected chi connectivity index (χ1v) is 5.71. The van der Waals surface area contributed by atoms with E-state index in [1.807, 2.05) is 0 Å². The molecule has 1 aromatic carbocycles. The molecule has 5 heteroatoms. The van der Waals surface area contributed by atoms with Gasteiger partial charge in [0, 0.05) is 13.2 Å². The zero-order valence-electron chi connectivity index (χ0n) is 8.67. The van der Waals surface area contributed by atoms with Crippen LogP contribution < -0.4 is 4.74 Å². The van der Waals surface area contributed by atoms with Gasteiger partial charge in [-0.25, -0.2) is 8.42 Å². The Balaban J connectivity index is 3.11. The Labute approximate surface area is 89.8 Å². The molecule has 0 aliphatic heterocycles. The van der Waals surface area contributed by atoms with Gasteiger partial charge in [0.1, 0.15) is 5.75 Å². The summed E-state index contributed by atoms with van der Waals surface area (Å²) in [6.07, 6.45) is 1.25. The number of hydrogen-bond donors (Lipinski definition) is 0. The van der Waals surface area contributed by atoms with Gasteiger partial charge in [-0.1, -0.05) is 6.58 Å². The standard InChI is InChI=1S/C10H13NO3S/c1-4-11(2)15(12,13)10-7-5-9(14-3)6-8-10/h4-8H,1H2,2-3H3. The van der Waals surface area contributed by atoms with E-state index in [-0.39, 0.29) is 4.90 Å². The smallest absolute Gasteiger partial charge is 0.263 e. The van der Waals surface area contributed by atoms with Gasteiger partial charge in [-0.15, -0.1) is 0 Å². The van der Waals surface area contributed by atoms with E-state index in [4.69, 9.17) is 4.74 Å². The molecule has 0 atom stereocenters. The Hall–Kier alpha value is -1.49. The third kappa shape index (κ3) is 2.30. The molecule has 0 fully saturated rings. The van der Waals surface area contributed by atoms with Crippen molar-refractivity contribution in [1.29, 1.82) is 0 Å². The Morgan fingerprint density at radius 2 is 1.87 bits per heavy atom. The van der Waals surface area contributed by atoms with Crippen molar-refractivity contribution in [3.63, 3.8) is 0 Å². The summed E-state index contributed by atoms with van der Waals surface area (Å²) in [5, 5.41) is 0. The topological polar surface area (TPSA) is 46.6 Å². The molecule has 15 heavy (non-hydrogen) atoms. The molecule has 0 aliphatic carbocycles. The van der Waals surface area contributed by atoms with Crippen LogP contribution in [-0.2, 0) is 10.0 Å². The molecule has 1 rings (SSSR count). The highest BCUT2D eigenvalue weighted by Gasteiger charge is 2.16. The van der Waals surface area contributed by atoms with E-state index in [2.05, 4.69) is 6.58 Å². The van der Waals surface area contributed by atoms with E-state index in [0.29, 0.717) is 5.75 Å². The largest absolute Gasteiger partial charge is 0.497 e. The van der Waals surface area contributed by atoms with Gasteiger partial charge in [-0.05, 0) is 24.3 Å². The Bertz CT molecular complexity index is 436. The summed E-state index contributed by atoms with van der Waals surface area (Å²) in [7, 11) is -0.490. The number of sulfonamides is 1. The molecule has 82 valence electrons. The highest BCUT2D eigenvalue weighted by Crippen LogP contribution is 2.18. The molecule has 1 aromatic rings. The van der Waals surface area contributed by atoms with Crippen LogP contribution in [0, 0.1) is 0 Å². The van der Waals surface area contributed by atoms with Crippen molar-refractivity contribution in [2.24, 2.45) is 0 Å². The minimum atomic E-state index is -3.45. The van der Waals surface area contributed by atoms with Gasteiger partial charge in [-0.3, -0.25) is 4.31 Å². The van der Waals surface area contributed by atoms with Crippen LogP contribution in [0.2, 0.25) is 0 Å². The molecular formula is C10H13NO3S. The van der Waals surface area contributed by atoms with Crippen LogP contribution in [0.4, 0.5) is 0 Å². The molecule has 0 heterocycles. The summed E-state index contributed by atoms with van der Waals surface area (Å²) in [6.45, 7) is 3.41. The SMILES string of the molecule is C=CN(C)S(=O)(=O)c1ccc(OC)cc1. The monoisotopic (exact) mass is 227 g/mol. The molecule has 0 aromatic heterocycles. The van der Waals surface area contributed by atoms with Crippen molar-refractivity contribution in [3.05, 3.63) is 37.0 Å². The van der Waals surface area contributed by atoms with Crippen LogP contribution in [0.3, 0.4) is 0 Å². The van der Waals surface area contributed by atoms with E-state index < -0.39 is 10.0 Å². The fourth-order valence-electron chi connectivity index (χ4n) is 1.01. The van der Waals surface area contributed by atoms with Gasteiger partial charge in [0.05, 0.1) is 12.0 Å². The maximum atomic E-state index is 11.8. The van der Waals surface area contributed by atoms with E-state index in [9.17, 15) is 8.42 Å². The number of benzene rings is 1. The molecule has 0 radical (unpaired) electrons. The van der Waals surface area contributed by atoms with Crippen molar-refractivity contribution < 1.29 is 13.2 Å². The molecule has 0 amide bonds. The second-order valence-electron chi connectivity index (χ2n) is 2.88. The summed E-state index contributed by atoms with van der Waals surface area (Å²) < 4.78 is 29.6. The molecule has 0 unspecified atom stereocenters. The van der Waals surface area contributed by atoms with Crippen LogP contribution in [0.5, 0.6) is 5.75 Å². The van der Waals surface area contributed by atoms with Crippen molar-refractivity contribution in [2.45, 2.75) is 4.90 Å². The molecule has 0 saturated carbocycles. The predicted octanol–water partition coefficient (Wildman–Crippen LogP) is 1.46. The van der Waals surface area contributed by atoms with Gasteiger partial charge in [0.25, 0.3) is 10.0 Å². The quantitative estimate of drug-likeness (QED) is 0.782. The molecule has 0 saturated heterocycles. The van der Waals surface area contributed by atoms with Gasteiger partial charge in [0.15, 0.2) is 0 Å². The summed E-state index contributed by atoms with van der Waals surface area (Å²) in [6, 6.07) is 6.19. The molecule has 0 aliphatic rings. The zero-order valence-corrected chi connectivity index (χ0v) is 9.49. The van der Waals surface area contributed by atoms with Gasteiger partial charge >= 0.3 is 0 Å². The molecule has 0 N–H and O–H groups in total. The number of nitrogens with zero attached hydrogens (tertiary/aromatic N) is 1. The molecular weight excluding hydrogens is 214 g/mol. The summed E-state index contributed by atoms with van der Waals surface area (Å²) in [5.41, 5.74) is 0. The third-order valence-corrected chi connectivity index (χ3v) is 3.77. The summed E-state index contributed by atoms with van der Waals surface area (Å²) in [5.74, 6) is 0.621. The van der Waals surface area contributed by atoms with Crippen LogP contribution in [-0.4, -0.2) is 26.9 Å². The lowest BCUT2D eigenvalue weighted by molar-refractivity contribution is 0.414. The average Bonchev–Trinajstić information content (AvgIpc) is 2.28. The molecule has 4 nitrogen and oxygen atoms in total. The van der Waals surface area contributed by atoms with E-state index in [0.717, 1.165) is 4.31 Å². The number of rotatable bonds is 4. The van der Waals surface area contributed by atoms with Crippen LogP contribution in [0.15, 0.2) is 41.9 Å². The minimum absolute atomic E-state index is 0.214. The predicted molar refractivity (Wildman–Crippen MR) is 58.1 cm³/mol. The lowest BCUT2D eigenvalue weighted by Crippen LogP contribution is -2.20. The van der Waals surface area contributed by atoms with Crippen molar-refractivity contribution in [1.82, 2.24) is 4.31 Å². The summed E-state index contributed by atoms with van der Waals surface area (Å²) >= 11 is 0. The Morgan fingerprint density at radius 1 is 1.33 bits per heavy atom. The first kappa shape index (κ1) is 11.6. The molecule has 0 spiro atoms. The minimum Gasteiger partial charge on any atom is -0.497 e. The fourth-order valence-corrected chi connectivity index (χ4v) is 2.02. The fraction of sp³-hybridized carbons (Fsp3) is 0.200. The number of methoxy groups -OCH3 is 1. The van der Waals surface area contributed by atoms with E-state index in [1.54, 1.807) is 12.1 Å². The van der Waals surface area contributed by atoms with Crippen molar-refractivity contribution in [2.75, 3.05) is 14.2 Å². The first-order valence-electron chi connectivity index (χ1n) is 4.27. The van der Waals surface area contributed by atoms with Crippen LogP contribution in [0.25, 0.3) is 0 Å². The molecule has 0 bridgehead atoms. The van der Waals surface area contributed by atoms with Gasteiger partial charge in [-0.2, -0.15) is 0 Å². The highest BCUT2D eigenvalue weighted by atomic mass is 32.2. The number of ether oxygens (including phenoxy) is 1. The maximum absolute atomic E-state index is 11.8. The van der Waals surface area contributed by atoms with E-state index >= 15 is 0 Å². The zero-order chi connectivity index (χ0) is 11.5. The lowest BCUT2D eigenvalue weighted by atomic mass is 10.3. The lowest BCUT2D eigenvalue weighted by Gasteiger charge is -2.14. The van der Waals surface area contributed by atoms with E-state index in [1.165, 1.54) is 32.5 Å². The Kier molecular flexibility index (Phi) is 3.36. The number of hydrogen-bond acceptors (Lipinski definition) is 3. The van der Waals surface area contributed by atoms with Crippen LogP contribution >= 0.6 is 0 Å². The van der Waals surface area contributed by atoms with Gasteiger partial charge < -0.3 is 4.74 Å². The first-order chi connectivity index (χ1) is 7.02. The third-order valence-electron chi connectivity index (χ3n) is 1.99.